The molecule has 0 N–H and O–H groups in total. The lowest BCUT2D eigenvalue weighted by Crippen LogP contribution is -2.20. The zero-order chi connectivity index (χ0) is 15.5. The molecule has 21 heavy (non-hydrogen) atoms. The number of benzene rings is 2. The molecule has 1 atom stereocenters. The lowest BCUT2D eigenvalue weighted by molar-refractivity contribution is 0.587. The van der Waals surface area contributed by atoms with Gasteiger partial charge in [0.05, 0.1) is 11.3 Å². The molecule has 5 heteroatoms. The Morgan fingerprint density at radius 1 is 1.10 bits per heavy atom. The topological polar surface area (TPSA) is 38.5 Å². The summed E-state index contributed by atoms with van der Waals surface area (Å²) in [5.74, 6) is -0.389. The van der Waals surface area contributed by atoms with Gasteiger partial charge in [-0.1, -0.05) is 29.8 Å². The predicted octanol–water partition coefficient (Wildman–Crippen LogP) is 3.40. The standard InChI is InChI=1S/C16H14FNO2S/c1-12-3-9-15(10-4-12)21(19,20)16(18-2)11-13-5-7-14(17)8-6-13/h3-10,16H,11H2,1H3. The molecule has 0 saturated heterocycles. The number of rotatable bonds is 4. The molecule has 0 aliphatic carbocycles. The molecular formula is C16H14FNO2S. The van der Waals surface area contributed by atoms with Crippen molar-refractivity contribution >= 4 is 9.84 Å². The maximum atomic E-state index is 12.9. The number of sulfone groups is 1. The van der Waals surface area contributed by atoms with E-state index in [4.69, 9.17) is 6.57 Å². The van der Waals surface area contributed by atoms with Crippen LogP contribution in [0.3, 0.4) is 0 Å². The first-order valence-electron chi connectivity index (χ1n) is 6.35. The number of halogens is 1. The van der Waals surface area contributed by atoms with Crippen LogP contribution in [-0.4, -0.2) is 13.8 Å². The van der Waals surface area contributed by atoms with Crippen LogP contribution >= 0.6 is 0 Å². The van der Waals surface area contributed by atoms with Crippen LogP contribution in [-0.2, 0) is 16.3 Å². The van der Waals surface area contributed by atoms with Crippen LogP contribution in [0.15, 0.2) is 53.4 Å². The van der Waals surface area contributed by atoms with Crippen molar-refractivity contribution in [1.29, 1.82) is 0 Å². The summed E-state index contributed by atoms with van der Waals surface area (Å²) in [5.41, 5.74) is 1.57. The zero-order valence-corrected chi connectivity index (χ0v) is 12.3. The predicted molar refractivity (Wildman–Crippen MR) is 78.9 cm³/mol. The first-order chi connectivity index (χ1) is 9.93. The number of aryl methyl sites for hydroxylation is 1. The lowest BCUT2D eigenvalue weighted by Gasteiger charge is -2.08. The molecule has 0 saturated carbocycles. The molecular weight excluding hydrogens is 289 g/mol. The average Bonchev–Trinajstić information content (AvgIpc) is 2.47. The van der Waals surface area contributed by atoms with Crippen molar-refractivity contribution in [1.82, 2.24) is 0 Å². The number of nitrogens with zero attached hydrogens (tertiary/aromatic N) is 1. The molecule has 0 heterocycles. The Bertz CT molecular complexity index is 759. The Hall–Kier alpha value is -2.19. The van der Waals surface area contributed by atoms with E-state index in [9.17, 15) is 12.8 Å². The van der Waals surface area contributed by atoms with Crippen molar-refractivity contribution in [3.8, 4) is 0 Å². The van der Waals surface area contributed by atoms with Crippen molar-refractivity contribution in [2.45, 2.75) is 23.6 Å². The summed E-state index contributed by atoms with van der Waals surface area (Å²) in [7, 11) is -3.72. The van der Waals surface area contributed by atoms with E-state index >= 15 is 0 Å². The van der Waals surface area contributed by atoms with Crippen LogP contribution in [0.25, 0.3) is 4.85 Å². The minimum absolute atomic E-state index is 0.0417. The molecule has 2 aromatic carbocycles. The van der Waals surface area contributed by atoms with Crippen LogP contribution in [0.5, 0.6) is 0 Å². The molecule has 0 aliphatic heterocycles. The van der Waals surface area contributed by atoms with E-state index in [-0.39, 0.29) is 17.1 Å². The Labute approximate surface area is 123 Å². The van der Waals surface area contributed by atoms with Crippen molar-refractivity contribution < 1.29 is 12.8 Å². The molecule has 0 fully saturated rings. The van der Waals surface area contributed by atoms with E-state index < -0.39 is 15.2 Å². The van der Waals surface area contributed by atoms with E-state index in [0.29, 0.717) is 5.56 Å². The molecule has 0 bridgehead atoms. The third-order valence-corrected chi connectivity index (χ3v) is 5.09. The van der Waals surface area contributed by atoms with E-state index in [2.05, 4.69) is 4.85 Å². The van der Waals surface area contributed by atoms with E-state index in [1.807, 2.05) is 6.92 Å². The van der Waals surface area contributed by atoms with E-state index in [0.717, 1.165) is 5.56 Å². The van der Waals surface area contributed by atoms with E-state index in [1.54, 1.807) is 12.1 Å². The van der Waals surface area contributed by atoms with Crippen LogP contribution in [0.1, 0.15) is 11.1 Å². The smallest absolute Gasteiger partial charge is 0.296 e. The molecule has 2 aromatic rings. The van der Waals surface area contributed by atoms with Gasteiger partial charge in [-0.2, -0.15) is 0 Å². The maximum Gasteiger partial charge on any atom is 0.329 e. The van der Waals surface area contributed by atoms with Gasteiger partial charge in [-0.3, -0.25) is 4.85 Å². The molecule has 0 amide bonds. The fraction of sp³-hybridized carbons (Fsp3) is 0.188. The van der Waals surface area contributed by atoms with Crippen molar-refractivity contribution in [3.05, 3.63) is 76.9 Å². The Balaban J connectivity index is 2.30. The molecule has 0 spiro atoms. The average molecular weight is 303 g/mol. The maximum absolute atomic E-state index is 12.9. The summed E-state index contributed by atoms with van der Waals surface area (Å²) in [6.07, 6.45) is 0.0417. The van der Waals surface area contributed by atoms with Gasteiger partial charge in [0.15, 0.2) is 0 Å². The van der Waals surface area contributed by atoms with Gasteiger partial charge in [-0.25, -0.2) is 19.4 Å². The van der Waals surface area contributed by atoms with E-state index in [1.165, 1.54) is 36.4 Å². The van der Waals surface area contributed by atoms with Gasteiger partial charge in [-0.05, 0) is 36.8 Å². The molecule has 0 aliphatic rings. The Kier molecular flexibility index (Phi) is 4.39. The summed E-state index contributed by atoms with van der Waals surface area (Å²) in [6, 6.07) is 11.9. The Morgan fingerprint density at radius 3 is 2.19 bits per heavy atom. The van der Waals surface area contributed by atoms with Gasteiger partial charge in [0.1, 0.15) is 5.82 Å². The summed E-state index contributed by atoms with van der Waals surface area (Å²) in [4.78, 5) is 3.38. The van der Waals surface area contributed by atoms with Gasteiger partial charge >= 0.3 is 5.37 Å². The highest BCUT2D eigenvalue weighted by atomic mass is 32.2. The van der Waals surface area contributed by atoms with Gasteiger partial charge in [0.25, 0.3) is 9.84 Å². The SMILES string of the molecule is [C-]#[N+]C(Cc1ccc(F)cc1)S(=O)(=O)c1ccc(C)cc1. The minimum Gasteiger partial charge on any atom is -0.296 e. The zero-order valence-electron chi connectivity index (χ0n) is 11.5. The largest absolute Gasteiger partial charge is 0.329 e. The highest BCUT2D eigenvalue weighted by Gasteiger charge is 2.32. The fourth-order valence-corrected chi connectivity index (χ4v) is 3.31. The first kappa shape index (κ1) is 15.2. The van der Waals surface area contributed by atoms with Crippen molar-refractivity contribution in [3.63, 3.8) is 0 Å². The number of hydrogen-bond donors (Lipinski definition) is 0. The van der Waals surface area contributed by atoms with Crippen LogP contribution < -0.4 is 0 Å². The highest BCUT2D eigenvalue weighted by molar-refractivity contribution is 7.92. The summed E-state index contributed by atoms with van der Waals surface area (Å²) >= 11 is 0. The molecule has 1 unspecified atom stereocenters. The van der Waals surface area contributed by atoms with Crippen LogP contribution in [0.4, 0.5) is 4.39 Å². The van der Waals surface area contributed by atoms with Gasteiger partial charge in [-0.15, -0.1) is 0 Å². The highest BCUT2D eigenvalue weighted by Crippen LogP contribution is 2.21. The summed E-state index contributed by atoms with van der Waals surface area (Å²) < 4.78 is 37.8. The summed E-state index contributed by atoms with van der Waals surface area (Å²) in [6.45, 7) is 9.03. The minimum atomic E-state index is -3.72. The first-order valence-corrected chi connectivity index (χ1v) is 7.89. The van der Waals surface area contributed by atoms with Gasteiger partial charge in [0.2, 0.25) is 0 Å². The second kappa shape index (κ2) is 6.06. The molecule has 108 valence electrons. The molecule has 0 aromatic heterocycles. The molecule has 0 radical (unpaired) electrons. The second-order valence-electron chi connectivity index (χ2n) is 4.77. The third kappa shape index (κ3) is 3.47. The normalized spacial score (nSPS) is 12.6. The van der Waals surface area contributed by atoms with Gasteiger partial charge in [0, 0.05) is 0 Å². The van der Waals surface area contributed by atoms with Crippen LogP contribution in [0.2, 0.25) is 0 Å². The van der Waals surface area contributed by atoms with Crippen molar-refractivity contribution in [2.75, 3.05) is 0 Å². The van der Waals surface area contributed by atoms with Gasteiger partial charge < -0.3 is 0 Å². The molecule has 2 rings (SSSR count). The third-order valence-electron chi connectivity index (χ3n) is 3.18. The lowest BCUT2D eigenvalue weighted by atomic mass is 10.1. The van der Waals surface area contributed by atoms with Crippen LogP contribution in [0, 0.1) is 19.3 Å². The summed E-state index contributed by atoms with van der Waals surface area (Å²) in [5, 5.41) is -1.20. The molecule has 3 nitrogen and oxygen atoms in total. The monoisotopic (exact) mass is 303 g/mol. The number of hydrogen-bond acceptors (Lipinski definition) is 2. The fourth-order valence-electron chi connectivity index (χ4n) is 1.93. The second-order valence-corrected chi connectivity index (χ2v) is 6.88. The Morgan fingerprint density at radius 2 is 1.67 bits per heavy atom. The van der Waals surface area contributed by atoms with Crippen molar-refractivity contribution in [2.24, 2.45) is 0 Å². The quantitative estimate of drug-likeness (QED) is 0.812.